The highest BCUT2D eigenvalue weighted by molar-refractivity contribution is 5.96. The normalized spacial score (nSPS) is 10.3. The van der Waals surface area contributed by atoms with Crippen LogP contribution in [0.2, 0.25) is 0 Å². The molecule has 0 radical (unpaired) electrons. The minimum absolute atomic E-state index is 0.0330. The number of aryl methyl sites for hydroxylation is 2. The third kappa shape index (κ3) is 3.23. The van der Waals surface area contributed by atoms with Crippen LogP contribution in [-0.4, -0.2) is 10.8 Å². The molecular weight excluding hydrogens is 229 g/mol. The molecule has 0 aliphatic rings. The maximum atomic E-state index is 13.2. The SMILES string of the molecule is Cc1cc(F)cc(C(=O)CCc2ccncc2)c1. The van der Waals surface area contributed by atoms with Crippen molar-refractivity contribution in [3.05, 3.63) is 65.2 Å². The molecule has 3 heteroatoms. The minimum atomic E-state index is -0.359. The lowest BCUT2D eigenvalue weighted by molar-refractivity contribution is 0.0982. The summed E-state index contributed by atoms with van der Waals surface area (Å²) in [5, 5.41) is 0. The van der Waals surface area contributed by atoms with Gasteiger partial charge in [-0.2, -0.15) is 0 Å². The number of aromatic nitrogens is 1. The van der Waals surface area contributed by atoms with E-state index in [1.807, 2.05) is 12.1 Å². The van der Waals surface area contributed by atoms with Crippen LogP contribution in [-0.2, 0) is 6.42 Å². The van der Waals surface area contributed by atoms with Crippen LogP contribution >= 0.6 is 0 Å². The molecule has 2 nitrogen and oxygen atoms in total. The van der Waals surface area contributed by atoms with Crippen molar-refractivity contribution in [3.8, 4) is 0 Å². The zero-order chi connectivity index (χ0) is 13.0. The molecule has 0 aliphatic heterocycles. The first-order valence-electron chi connectivity index (χ1n) is 5.84. The van der Waals surface area contributed by atoms with Gasteiger partial charge in [0.25, 0.3) is 0 Å². The fourth-order valence-electron chi connectivity index (χ4n) is 1.85. The van der Waals surface area contributed by atoms with Crippen molar-refractivity contribution in [1.82, 2.24) is 4.98 Å². The number of carbonyl (C=O) groups is 1. The molecule has 92 valence electrons. The Labute approximate surface area is 105 Å². The predicted molar refractivity (Wildman–Crippen MR) is 68.0 cm³/mol. The number of hydrogen-bond acceptors (Lipinski definition) is 2. The number of Topliss-reactive ketones (excluding diaryl/α,β-unsaturated/α-hetero) is 1. The van der Waals surface area contributed by atoms with Crippen LogP contribution in [0.3, 0.4) is 0 Å². The molecule has 0 fully saturated rings. The van der Waals surface area contributed by atoms with Crippen LogP contribution in [0.1, 0.15) is 27.9 Å². The first-order valence-corrected chi connectivity index (χ1v) is 5.84. The van der Waals surface area contributed by atoms with Crippen LogP contribution in [0.15, 0.2) is 42.7 Å². The topological polar surface area (TPSA) is 30.0 Å². The second kappa shape index (κ2) is 5.54. The number of benzene rings is 1. The van der Waals surface area contributed by atoms with E-state index in [4.69, 9.17) is 0 Å². The van der Waals surface area contributed by atoms with Crippen LogP contribution in [0, 0.1) is 12.7 Å². The Bertz CT molecular complexity index is 531. The lowest BCUT2D eigenvalue weighted by Gasteiger charge is -2.03. The van der Waals surface area contributed by atoms with Gasteiger partial charge >= 0.3 is 0 Å². The van der Waals surface area contributed by atoms with Crippen molar-refractivity contribution in [2.24, 2.45) is 0 Å². The molecule has 0 amide bonds. The van der Waals surface area contributed by atoms with Gasteiger partial charge in [0.2, 0.25) is 0 Å². The summed E-state index contributed by atoms with van der Waals surface area (Å²) in [4.78, 5) is 15.9. The van der Waals surface area contributed by atoms with Gasteiger partial charge in [-0.25, -0.2) is 4.39 Å². The van der Waals surface area contributed by atoms with Gasteiger partial charge in [0.15, 0.2) is 5.78 Å². The van der Waals surface area contributed by atoms with Crippen molar-refractivity contribution in [2.75, 3.05) is 0 Å². The summed E-state index contributed by atoms with van der Waals surface area (Å²) >= 11 is 0. The average molecular weight is 243 g/mol. The Hall–Kier alpha value is -2.03. The Morgan fingerprint density at radius 1 is 1.22 bits per heavy atom. The van der Waals surface area contributed by atoms with Gasteiger partial charge in [-0.3, -0.25) is 9.78 Å². The van der Waals surface area contributed by atoms with Crippen LogP contribution in [0.25, 0.3) is 0 Å². The Kier molecular flexibility index (Phi) is 3.82. The highest BCUT2D eigenvalue weighted by atomic mass is 19.1. The first-order chi connectivity index (χ1) is 8.65. The summed E-state index contributed by atoms with van der Waals surface area (Å²) in [6.45, 7) is 1.78. The number of rotatable bonds is 4. The molecular formula is C15H14FNO. The third-order valence-electron chi connectivity index (χ3n) is 2.75. The fourth-order valence-corrected chi connectivity index (χ4v) is 1.85. The minimum Gasteiger partial charge on any atom is -0.294 e. The lowest BCUT2D eigenvalue weighted by atomic mass is 10.0. The second-order valence-corrected chi connectivity index (χ2v) is 4.30. The van der Waals surface area contributed by atoms with E-state index in [1.165, 1.54) is 12.1 Å². The van der Waals surface area contributed by atoms with E-state index in [2.05, 4.69) is 4.98 Å². The molecule has 0 N–H and O–H groups in total. The van der Waals surface area contributed by atoms with E-state index in [0.29, 0.717) is 18.4 Å². The zero-order valence-corrected chi connectivity index (χ0v) is 10.2. The van der Waals surface area contributed by atoms with Gasteiger partial charge < -0.3 is 0 Å². The summed E-state index contributed by atoms with van der Waals surface area (Å²) in [6, 6.07) is 8.19. The molecule has 1 aromatic carbocycles. The number of ketones is 1. The maximum absolute atomic E-state index is 13.2. The molecule has 0 aliphatic carbocycles. The number of pyridine rings is 1. The highest BCUT2D eigenvalue weighted by Crippen LogP contribution is 2.12. The monoisotopic (exact) mass is 243 g/mol. The standard InChI is InChI=1S/C15H14FNO/c1-11-8-13(10-14(16)9-11)15(18)3-2-12-4-6-17-7-5-12/h4-10H,2-3H2,1H3. The van der Waals surface area contributed by atoms with Crippen molar-refractivity contribution < 1.29 is 9.18 Å². The van der Waals surface area contributed by atoms with Gasteiger partial charge in [-0.1, -0.05) is 0 Å². The van der Waals surface area contributed by atoms with Crippen molar-refractivity contribution >= 4 is 5.78 Å². The molecule has 0 unspecified atom stereocenters. The summed E-state index contributed by atoms with van der Waals surface area (Å²) in [5.74, 6) is -0.392. The number of hydrogen-bond donors (Lipinski definition) is 0. The summed E-state index contributed by atoms with van der Waals surface area (Å²) in [6.07, 6.45) is 4.43. The van der Waals surface area contributed by atoms with Gasteiger partial charge in [0, 0.05) is 24.4 Å². The summed E-state index contributed by atoms with van der Waals surface area (Å²) in [7, 11) is 0. The second-order valence-electron chi connectivity index (χ2n) is 4.30. The van der Waals surface area contributed by atoms with Gasteiger partial charge in [-0.15, -0.1) is 0 Å². The van der Waals surface area contributed by atoms with Crippen molar-refractivity contribution in [1.29, 1.82) is 0 Å². The molecule has 1 aromatic heterocycles. The van der Waals surface area contributed by atoms with E-state index in [9.17, 15) is 9.18 Å². The van der Waals surface area contributed by atoms with Crippen LogP contribution in [0.4, 0.5) is 4.39 Å². The number of nitrogens with zero attached hydrogens (tertiary/aromatic N) is 1. The third-order valence-corrected chi connectivity index (χ3v) is 2.75. The van der Waals surface area contributed by atoms with E-state index in [0.717, 1.165) is 11.1 Å². The van der Waals surface area contributed by atoms with Gasteiger partial charge in [0.1, 0.15) is 5.82 Å². The lowest BCUT2D eigenvalue weighted by Crippen LogP contribution is -2.02. The molecule has 0 saturated carbocycles. The van der Waals surface area contributed by atoms with E-state index in [-0.39, 0.29) is 11.6 Å². The first kappa shape index (κ1) is 12.4. The fraction of sp³-hybridized carbons (Fsp3) is 0.200. The van der Waals surface area contributed by atoms with Crippen LogP contribution < -0.4 is 0 Å². The number of halogens is 1. The summed E-state index contributed by atoms with van der Waals surface area (Å²) < 4.78 is 13.2. The van der Waals surface area contributed by atoms with E-state index >= 15 is 0 Å². The van der Waals surface area contributed by atoms with Crippen molar-refractivity contribution in [3.63, 3.8) is 0 Å². The predicted octanol–water partition coefficient (Wildman–Crippen LogP) is 3.34. The molecule has 0 saturated heterocycles. The molecule has 18 heavy (non-hydrogen) atoms. The average Bonchev–Trinajstić information content (AvgIpc) is 2.36. The smallest absolute Gasteiger partial charge is 0.163 e. The maximum Gasteiger partial charge on any atom is 0.163 e. The van der Waals surface area contributed by atoms with Gasteiger partial charge in [-0.05, 0) is 54.8 Å². The number of carbonyl (C=O) groups excluding carboxylic acids is 1. The van der Waals surface area contributed by atoms with Crippen molar-refractivity contribution in [2.45, 2.75) is 19.8 Å². The largest absolute Gasteiger partial charge is 0.294 e. The van der Waals surface area contributed by atoms with Gasteiger partial charge in [0.05, 0.1) is 0 Å². The Morgan fingerprint density at radius 2 is 1.94 bits per heavy atom. The van der Waals surface area contributed by atoms with Crippen LogP contribution in [0.5, 0.6) is 0 Å². The molecule has 0 atom stereocenters. The Morgan fingerprint density at radius 3 is 2.61 bits per heavy atom. The molecule has 0 spiro atoms. The summed E-state index contributed by atoms with van der Waals surface area (Å²) in [5.41, 5.74) is 2.27. The Balaban J connectivity index is 2.04. The van der Waals surface area contributed by atoms with E-state index in [1.54, 1.807) is 25.4 Å². The molecule has 2 aromatic rings. The van der Waals surface area contributed by atoms with E-state index < -0.39 is 0 Å². The highest BCUT2D eigenvalue weighted by Gasteiger charge is 2.08. The zero-order valence-electron chi connectivity index (χ0n) is 10.2. The molecule has 1 heterocycles. The quantitative estimate of drug-likeness (QED) is 0.771. The molecule has 2 rings (SSSR count). The molecule has 0 bridgehead atoms.